The van der Waals surface area contributed by atoms with Crippen molar-refractivity contribution in [1.29, 1.82) is 0 Å². The lowest BCUT2D eigenvalue weighted by atomic mass is 10.2. The summed E-state index contributed by atoms with van der Waals surface area (Å²) < 4.78 is 0. The van der Waals surface area contributed by atoms with Gasteiger partial charge < -0.3 is 0 Å². The number of hydrogen-bond acceptors (Lipinski definition) is 0. The number of unbranched alkanes of at least 4 members (excludes halogenated alkanes) is 3. The Labute approximate surface area is 110 Å². The zero-order valence-corrected chi connectivity index (χ0v) is 13.0. The van der Waals surface area contributed by atoms with Gasteiger partial charge in [-0.25, -0.2) is 0 Å². The van der Waals surface area contributed by atoms with Gasteiger partial charge in [-0.1, -0.05) is 39.5 Å². The van der Waals surface area contributed by atoms with Crippen LogP contribution in [0.4, 0.5) is 0 Å². The summed E-state index contributed by atoms with van der Waals surface area (Å²) in [5.41, 5.74) is 0. The zero-order valence-electron chi connectivity index (χ0n) is 6.05. The first kappa shape index (κ1) is 22.5. The molecule has 0 radical (unpaired) electrons. The molecule has 0 rings (SSSR count). The van der Waals surface area contributed by atoms with Crippen LogP contribution in [-0.4, -0.2) is 0 Å². The second-order valence-corrected chi connectivity index (χ2v) is 1.71. The summed E-state index contributed by atoms with van der Waals surface area (Å²) in [7, 11) is 0. The van der Waals surface area contributed by atoms with Crippen LogP contribution in [0.3, 0.4) is 0 Å². The molecule has 0 amide bonds. The molecule has 0 heterocycles. The molecule has 0 aliphatic carbocycles. The molecule has 0 aromatic carbocycles. The molecule has 0 N–H and O–H groups in total. The van der Waals surface area contributed by atoms with E-state index in [1.165, 1.54) is 25.7 Å². The molecule has 0 nitrogen and oxygen atoms in total. The highest BCUT2D eigenvalue weighted by Crippen LogP contribution is 1.95. The van der Waals surface area contributed by atoms with E-state index in [2.05, 4.69) is 13.8 Å². The summed E-state index contributed by atoms with van der Waals surface area (Å²) >= 11 is 0. The molecule has 62 valence electrons. The molecule has 0 fully saturated rings. The fourth-order valence-corrected chi connectivity index (χ4v) is 0.500. The molecule has 9 heavy (non-hydrogen) atoms. The van der Waals surface area contributed by atoms with Crippen molar-refractivity contribution in [3.63, 3.8) is 0 Å². The summed E-state index contributed by atoms with van der Waals surface area (Å²) in [5.74, 6) is 0. The monoisotopic (exact) mass is 470 g/mol. The summed E-state index contributed by atoms with van der Waals surface area (Å²) in [4.78, 5) is 0. The largest absolute Gasteiger partial charge is 0.107 e. The van der Waals surface area contributed by atoms with Crippen LogP contribution in [-0.2, 0) is 0 Å². The van der Waals surface area contributed by atoms with E-state index in [0.29, 0.717) is 0 Å². The highest BCUT2D eigenvalue weighted by atomic mass is 127. The van der Waals surface area contributed by atoms with Crippen LogP contribution in [0.15, 0.2) is 0 Å². The van der Waals surface area contributed by atoms with Crippen LogP contribution >= 0.6 is 71.9 Å². The lowest BCUT2D eigenvalue weighted by Gasteiger charge is -1.86. The van der Waals surface area contributed by atoms with Crippen molar-refractivity contribution in [2.45, 2.75) is 39.5 Å². The van der Waals surface area contributed by atoms with Crippen molar-refractivity contribution < 1.29 is 0 Å². The molecule has 0 spiro atoms. The van der Waals surface area contributed by atoms with E-state index in [4.69, 9.17) is 0 Å². The molecule has 0 saturated carbocycles. The second-order valence-electron chi connectivity index (χ2n) is 1.71. The molecule has 0 atom stereocenters. The van der Waals surface area contributed by atoms with Crippen molar-refractivity contribution in [3.8, 4) is 0 Å². The van der Waals surface area contributed by atoms with E-state index in [9.17, 15) is 0 Å². The molecule has 3 heteroatoms. The van der Waals surface area contributed by atoms with Gasteiger partial charge in [0, 0.05) is 0 Å². The smallest absolute Gasteiger partial charge is 0.0536 e. The van der Waals surface area contributed by atoms with Crippen LogP contribution in [0, 0.1) is 0 Å². The Hall–Kier alpha value is 2.19. The maximum atomic E-state index is 2.23. The Morgan fingerprint density at radius 2 is 0.889 bits per heavy atom. The highest BCUT2D eigenvalue weighted by Gasteiger charge is 1.75. The normalized spacial score (nSPS) is 6.00. The third-order valence-electron chi connectivity index (χ3n) is 0.957. The molecule has 0 aromatic heterocycles. The van der Waals surface area contributed by atoms with Gasteiger partial charge in [0.2, 0.25) is 0 Å². The summed E-state index contributed by atoms with van der Waals surface area (Å²) in [6, 6.07) is 0. The molecule has 0 saturated heterocycles. The van der Waals surface area contributed by atoms with Crippen molar-refractivity contribution in [2.24, 2.45) is 0 Å². The topological polar surface area (TPSA) is 0 Å². The molecule has 0 aromatic rings. The van der Waals surface area contributed by atoms with Crippen molar-refractivity contribution in [1.82, 2.24) is 0 Å². The lowest BCUT2D eigenvalue weighted by Crippen LogP contribution is -1.66. The second kappa shape index (κ2) is 22.5. The molecule has 0 aliphatic rings. The van der Waals surface area contributed by atoms with Gasteiger partial charge in [-0.15, -0.1) is 71.9 Å². The van der Waals surface area contributed by atoms with Gasteiger partial charge in [0.05, 0.1) is 0 Å². The van der Waals surface area contributed by atoms with Gasteiger partial charge in [-0.05, 0) is 0 Å². The van der Waals surface area contributed by atoms with Crippen molar-refractivity contribution in [2.75, 3.05) is 0 Å². The van der Waals surface area contributed by atoms with E-state index in [1.54, 1.807) is 0 Å². The average molecular weight is 470 g/mol. The Bertz CT molecular complexity index is 20.3. The van der Waals surface area contributed by atoms with Crippen LogP contribution in [0.5, 0.6) is 0 Å². The van der Waals surface area contributed by atoms with Crippen molar-refractivity contribution in [3.05, 3.63) is 0 Å². The number of rotatable bonds is 3. The minimum atomic E-state index is 0. The molecular formula is C6H17I3. The van der Waals surface area contributed by atoms with E-state index in [0.717, 1.165) is 0 Å². The van der Waals surface area contributed by atoms with Gasteiger partial charge in [0.15, 0.2) is 0 Å². The third kappa shape index (κ3) is 25.4. The zero-order chi connectivity index (χ0) is 4.83. The van der Waals surface area contributed by atoms with Gasteiger partial charge in [0.25, 0.3) is 0 Å². The molecular weight excluding hydrogens is 453 g/mol. The summed E-state index contributed by atoms with van der Waals surface area (Å²) in [5, 5.41) is 0. The summed E-state index contributed by atoms with van der Waals surface area (Å²) in [6.45, 7) is 4.46. The van der Waals surface area contributed by atoms with Crippen LogP contribution in [0.25, 0.3) is 0 Å². The first-order valence-corrected chi connectivity index (χ1v) is 2.91. The number of halogens is 3. The maximum Gasteiger partial charge on any atom is -0.0536 e. The minimum Gasteiger partial charge on any atom is -0.107 e. The number of hydrogen-bond donors (Lipinski definition) is 0. The van der Waals surface area contributed by atoms with E-state index in [-0.39, 0.29) is 71.9 Å². The van der Waals surface area contributed by atoms with Crippen LogP contribution < -0.4 is 0 Å². The predicted molar refractivity (Wildman–Crippen MR) is 76.1 cm³/mol. The average Bonchev–Trinajstić information content (AvgIpc) is 1.61. The Kier molecular flexibility index (Phi) is 56.1. The Balaban J connectivity index is -0.0000000417. The fourth-order valence-electron chi connectivity index (χ4n) is 0.500. The minimum absolute atomic E-state index is 0. The van der Waals surface area contributed by atoms with Gasteiger partial charge in [-0.3, -0.25) is 0 Å². The maximum absolute atomic E-state index is 2.23. The predicted octanol–water partition coefficient (Wildman–Crippen LogP) is 4.44. The first-order valence-electron chi connectivity index (χ1n) is 2.91. The van der Waals surface area contributed by atoms with E-state index >= 15 is 0 Å². The standard InChI is InChI=1S/C6H14.3HI/c1-3-5-6-4-2;;;/h3-6H2,1-2H3;3*1H. The lowest BCUT2D eigenvalue weighted by molar-refractivity contribution is 0.702. The van der Waals surface area contributed by atoms with Crippen LogP contribution in [0.2, 0.25) is 0 Å². The molecule has 0 aliphatic heterocycles. The Morgan fingerprint density at radius 1 is 0.667 bits per heavy atom. The third-order valence-corrected chi connectivity index (χ3v) is 0.957. The van der Waals surface area contributed by atoms with Gasteiger partial charge in [-0.2, -0.15) is 0 Å². The van der Waals surface area contributed by atoms with Crippen LogP contribution in [0.1, 0.15) is 39.5 Å². The summed E-state index contributed by atoms with van der Waals surface area (Å²) in [6.07, 6.45) is 5.54. The molecule has 0 bridgehead atoms. The first-order chi connectivity index (χ1) is 2.91. The van der Waals surface area contributed by atoms with Gasteiger partial charge in [0.1, 0.15) is 0 Å². The van der Waals surface area contributed by atoms with E-state index < -0.39 is 0 Å². The molecule has 0 unspecified atom stereocenters. The van der Waals surface area contributed by atoms with E-state index in [1.807, 2.05) is 0 Å². The quantitative estimate of drug-likeness (QED) is 0.423. The fraction of sp³-hybridized carbons (Fsp3) is 1.00. The van der Waals surface area contributed by atoms with Crippen molar-refractivity contribution >= 4 is 71.9 Å². The highest BCUT2D eigenvalue weighted by molar-refractivity contribution is 14.0. The Morgan fingerprint density at radius 3 is 1.00 bits per heavy atom. The van der Waals surface area contributed by atoms with Gasteiger partial charge >= 0.3 is 0 Å². The SMILES string of the molecule is CCCCCC.I.I.I.